The Labute approximate surface area is 42.5 Å². The summed E-state index contributed by atoms with van der Waals surface area (Å²) in [6.07, 6.45) is -0.426. The predicted molar refractivity (Wildman–Crippen MR) is 25.8 cm³/mol. The summed E-state index contributed by atoms with van der Waals surface area (Å²) in [4.78, 5) is 0. The van der Waals surface area contributed by atoms with Crippen LogP contribution in [0.4, 0.5) is 8.78 Å². The van der Waals surface area contributed by atoms with E-state index in [4.69, 9.17) is 0 Å². The van der Waals surface area contributed by atoms with Gasteiger partial charge in [0.05, 0.1) is 6.67 Å². The molecule has 0 spiro atoms. The minimum atomic E-state index is -0.926. The maximum absolute atomic E-state index is 11.9. The zero-order valence-corrected chi connectivity index (χ0v) is 4.45. The van der Waals surface area contributed by atoms with Gasteiger partial charge in [-0.3, -0.25) is 4.39 Å². The van der Waals surface area contributed by atoms with Crippen molar-refractivity contribution >= 4 is 0 Å². The highest BCUT2D eigenvalue weighted by Gasteiger charge is 1.99. The van der Waals surface area contributed by atoms with Crippen molar-refractivity contribution in [1.82, 2.24) is 0 Å². The molecule has 0 aromatic carbocycles. The van der Waals surface area contributed by atoms with Crippen LogP contribution in [0.1, 0.15) is 19.8 Å². The molecular formula is C5H10F2. The Balaban J connectivity index is 2.83. The van der Waals surface area contributed by atoms with Gasteiger partial charge in [-0.15, -0.1) is 0 Å². The van der Waals surface area contributed by atoms with Gasteiger partial charge < -0.3 is 0 Å². The highest BCUT2D eigenvalue weighted by Crippen LogP contribution is 2.01. The molecule has 7 heavy (non-hydrogen) atoms. The lowest BCUT2D eigenvalue weighted by Gasteiger charge is -1.96. The van der Waals surface area contributed by atoms with Crippen molar-refractivity contribution < 1.29 is 8.78 Å². The molecule has 0 nitrogen and oxygen atoms in total. The Morgan fingerprint density at radius 2 is 2.14 bits per heavy atom. The van der Waals surface area contributed by atoms with E-state index in [1.54, 1.807) is 6.92 Å². The van der Waals surface area contributed by atoms with Crippen molar-refractivity contribution in [3.05, 3.63) is 0 Å². The summed E-state index contributed by atoms with van der Waals surface area (Å²) in [6.45, 7) is 1.18. The highest BCUT2D eigenvalue weighted by atomic mass is 19.1. The van der Waals surface area contributed by atoms with Crippen LogP contribution in [0.3, 0.4) is 0 Å². The molecule has 0 amide bonds. The van der Waals surface area contributed by atoms with E-state index < -0.39 is 12.8 Å². The standard InChI is InChI=1S/C5H10F2/c1-2-5(7)3-4-6/h5H,2-4H2,1H3/t5-/m0/s1. The Bertz CT molecular complexity index is 37.1. The first kappa shape index (κ1) is 6.86. The Morgan fingerprint density at radius 1 is 1.57 bits per heavy atom. The third-order valence-electron chi connectivity index (χ3n) is 0.865. The number of halogens is 2. The molecule has 2 heteroatoms. The van der Waals surface area contributed by atoms with Crippen LogP contribution in [0.5, 0.6) is 0 Å². The largest absolute Gasteiger partial charge is 0.251 e. The predicted octanol–water partition coefficient (Wildman–Crippen LogP) is 2.09. The third-order valence-corrected chi connectivity index (χ3v) is 0.865. The maximum Gasteiger partial charge on any atom is 0.102 e. The number of hydrogen-bond donors (Lipinski definition) is 0. The van der Waals surface area contributed by atoms with Gasteiger partial charge in [0.2, 0.25) is 0 Å². The van der Waals surface area contributed by atoms with Gasteiger partial charge >= 0.3 is 0 Å². The summed E-state index contributed by atoms with van der Waals surface area (Å²) in [5, 5.41) is 0. The van der Waals surface area contributed by atoms with Crippen molar-refractivity contribution in [2.45, 2.75) is 25.9 Å². The minimum absolute atomic E-state index is 0.0660. The molecule has 0 unspecified atom stereocenters. The lowest BCUT2D eigenvalue weighted by molar-refractivity contribution is 0.276. The van der Waals surface area contributed by atoms with E-state index in [2.05, 4.69) is 0 Å². The van der Waals surface area contributed by atoms with Crippen LogP contribution >= 0.6 is 0 Å². The summed E-state index contributed by atoms with van der Waals surface area (Å²) in [6, 6.07) is 0. The average molecular weight is 108 g/mol. The second kappa shape index (κ2) is 4.03. The molecule has 0 heterocycles. The van der Waals surface area contributed by atoms with Crippen LogP contribution in [-0.2, 0) is 0 Å². The third kappa shape index (κ3) is 3.70. The van der Waals surface area contributed by atoms with Crippen molar-refractivity contribution in [3.8, 4) is 0 Å². The zero-order chi connectivity index (χ0) is 5.70. The number of alkyl halides is 2. The first-order valence-corrected chi connectivity index (χ1v) is 2.51. The zero-order valence-electron chi connectivity index (χ0n) is 4.45. The summed E-state index contributed by atoms with van der Waals surface area (Å²) < 4.78 is 23.1. The van der Waals surface area contributed by atoms with E-state index in [9.17, 15) is 8.78 Å². The lowest BCUT2D eigenvalue weighted by atomic mass is 10.2. The van der Waals surface area contributed by atoms with Gasteiger partial charge in [-0.05, 0) is 6.42 Å². The van der Waals surface area contributed by atoms with E-state index in [1.165, 1.54) is 0 Å². The summed E-state index contributed by atoms with van der Waals surface area (Å²) in [5.41, 5.74) is 0. The van der Waals surface area contributed by atoms with E-state index in [-0.39, 0.29) is 6.42 Å². The summed E-state index contributed by atoms with van der Waals surface area (Å²) in [5.74, 6) is 0. The minimum Gasteiger partial charge on any atom is -0.251 e. The van der Waals surface area contributed by atoms with Crippen LogP contribution in [0.25, 0.3) is 0 Å². The Hall–Kier alpha value is -0.140. The summed E-state index contributed by atoms with van der Waals surface area (Å²) in [7, 11) is 0. The van der Waals surface area contributed by atoms with Gasteiger partial charge in [0, 0.05) is 6.42 Å². The fourth-order valence-electron chi connectivity index (χ4n) is 0.323. The Morgan fingerprint density at radius 3 is 2.29 bits per heavy atom. The van der Waals surface area contributed by atoms with Crippen molar-refractivity contribution in [2.75, 3.05) is 6.67 Å². The molecular weight excluding hydrogens is 98.1 g/mol. The smallest absolute Gasteiger partial charge is 0.102 e. The highest BCUT2D eigenvalue weighted by molar-refractivity contribution is 4.49. The molecule has 0 rings (SSSR count). The van der Waals surface area contributed by atoms with Gasteiger partial charge in [-0.25, -0.2) is 4.39 Å². The topological polar surface area (TPSA) is 0 Å². The van der Waals surface area contributed by atoms with Crippen LogP contribution in [0.15, 0.2) is 0 Å². The molecule has 0 aromatic heterocycles. The second-order valence-corrected chi connectivity index (χ2v) is 1.48. The van der Waals surface area contributed by atoms with Gasteiger partial charge in [-0.1, -0.05) is 6.92 Å². The monoisotopic (exact) mass is 108 g/mol. The van der Waals surface area contributed by atoms with Gasteiger partial charge in [0.1, 0.15) is 6.17 Å². The second-order valence-electron chi connectivity index (χ2n) is 1.48. The molecule has 1 atom stereocenters. The SMILES string of the molecule is CC[C@H](F)CCF. The fourth-order valence-corrected chi connectivity index (χ4v) is 0.323. The number of hydrogen-bond acceptors (Lipinski definition) is 0. The molecule has 0 fully saturated rings. The maximum atomic E-state index is 11.9. The molecule has 0 saturated carbocycles. The lowest BCUT2D eigenvalue weighted by Crippen LogP contribution is -1.97. The molecule has 0 radical (unpaired) electrons. The molecule has 44 valence electrons. The van der Waals surface area contributed by atoms with E-state index in [0.717, 1.165) is 0 Å². The molecule has 0 aliphatic heterocycles. The molecule has 0 aliphatic carbocycles. The van der Waals surface area contributed by atoms with Crippen LogP contribution < -0.4 is 0 Å². The molecule has 0 N–H and O–H groups in total. The van der Waals surface area contributed by atoms with Crippen molar-refractivity contribution in [3.63, 3.8) is 0 Å². The molecule has 0 aromatic rings. The van der Waals surface area contributed by atoms with Crippen molar-refractivity contribution in [1.29, 1.82) is 0 Å². The first-order valence-electron chi connectivity index (χ1n) is 2.51. The fraction of sp³-hybridized carbons (Fsp3) is 1.00. The van der Waals surface area contributed by atoms with E-state index in [0.29, 0.717) is 6.42 Å². The molecule has 0 saturated heterocycles. The van der Waals surface area contributed by atoms with Gasteiger partial charge in [0.15, 0.2) is 0 Å². The van der Waals surface area contributed by atoms with Gasteiger partial charge in [-0.2, -0.15) is 0 Å². The summed E-state index contributed by atoms with van der Waals surface area (Å²) >= 11 is 0. The van der Waals surface area contributed by atoms with E-state index in [1.807, 2.05) is 0 Å². The van der Waals surface area contributed by atoms with Gasteiger partial charge in [0.25, 0.3) is 0 Å². The Kier molecular flexibility index (Phi) is 3.95. The molecule has 0 aliphatic rings. The van der Waals surface area contributed by atoms with Crippen molar-refractivity contribution in [2.24, 2.45) is 0 Å². The van der Waals surface area contributed by atoms with E-state index >= 15 is 0 Å². The first-order chi connectivity index (χ1) is 3.31. The molecule has 0 bridgehead atoms. The van der Waals surface area contributed by atoms with Crippen LogP contribution in [0.2, 0.25) is 0 Å². The average Bonchev–Trinajstić information content (AvgIpc) is 1.68. The van der Waals surface area contributed by atoms with Crippen LogP contribution in [-0.4, -0.2) is 12.8 Å². The number of rotatable bonds is 3. The normalized spacial score (nSPS) is 14.1. The van der Waals surface area contributed by atoms with Crippen LogP contribution in [0, 0.1) is 0 Å². The quantitative estimate of drug-likeness (QED) is 0.519.